The van der Waals surface area contributed by atoms with Gasteiger partial charge >= 0.3 is 5.97 Å². The standard InChI is InChI=1S/C24H36N4O5/c1-4-5-6-10-21(29)27-19-9-7-8-18(13-19)26-15-22(30)28-12-11-25-24(32)20(28)14-23(31)33-16-17(2)3/h7-9,13,17,20,26H,4-6,10-12,14-16H2,1-3H3,(H,25,32)(H,27,29). The number of nitrogens with one attached hydrogen (secondary N) is 3. The summed E-state index contributed by atoms with van der Waals surface area (Å²) < 4.78 is 5.18. The number of esters is 1. The molecule has 182 valence electrons. The molecule has 1 aromatic carbocycles. The molecule has 9 heteroatoms. The summed E-state index contributed by atoms with van der Waals surface area (Å²) in [6.07, 6.45) is 3.22. The number of piperazine rings is 1. The van der Waals surface area contributed by atoms with Crippen molar-refractivity contribution in [3.63, 3.8) is 0 Å². The molecule has 1 aromatic rings. The Balaban J connectivity index is 1.91. The van der Waals surface area contributed by atoms with Gasteiger partial charge in [-0.1, -0.05) is 39.7 Å². The van der Waals surface area contributed by atoms with Gasteiger partial charge in [-0.3, -0.25) is 19.2 Å². The maximum absolute atomic E-state index is 12.8. The molecule has 33 heavy (non-hydrogen) atoms. The molecular weight excluding hydrogens is 424 g/mol. The fourth-order valence-electron chi connectivity index (χ4n) is 3.44. The monoisotopic (exact) mass is 460 g/mol. The smallest absolute Gasteiger partial charge is 0.308 e. The number of nitrogens with zero attached hydrogens (tertiary/aromatic N) is 1. The van der Waals surface area contributed by atoms with Gasteiger partial charge in [-0.2, -0.15) is 0 Å². The number of rotatable bonds is 12. The first-order chi connectivity index (χ1) is 15.8. The van der Waals surface area contributed by atoms with Gasteiger partial charge in [-0.05, 0) is 30.5 Å². The lowest BCUT2D eigenvalue weighted by Gasteiger charge is -2.34. The van der Waals surface area contributed by atoms with Crippen LogP contribution in [0.1, 0.15) is 52.9 Å². The van der Waals surface area contributed by atoms with E-state index in [1.807, 2.05) is 13.8 Å². The van der Waals surface area contributed by atoms with Crippen LogP contribution < -0.4 is 16.0 Å². The van der Waals surface area contributed by atoms with E-state index in [1.54, 1.807) is 24.3 Å². The van der Waals surface area contributed by atoms with E-state index in [9.17, 15) is 19.2 Å². The number of ether oxygens (including phenoxy) is 1. The number of carbonyl (C=O) groups is 4. The Hall–Kier alpha value is -3.10. The molecule has 1 aliphatic rings. The maximum Gasteiger partial charge on any atom is 0.308 e. The number of anilines is 2. The highest BCUT2D eigenvalue weighted by atomic mass is 16.5. The van der Waals surface area contributed by atoms with Gasteiger partial charge in [-0.25, -0.2) is 0 Å². The lowest BCUT2D eigenvalue weighted by molar-refractivity contribution is -0.152. The van der Waals surface area contributed by atoms with Crippen LogP contribution in [0.3, 0.4) is 0 Å². The molecule has 1 atom stereocenters. The molecule has 1 unspecified atom stereocenters. The van der Waals surface area contributed by atoms with Crippen LogP contribution in [-0.2, 0) is 23.9 Å². The first-order valence-corrected chi connectivity index (χ1v) is 11.7. The Morgan fingerprint density at radius 1 is 1.21 bits per heavy atom. The highest BCUT2D eigenvalue weighted by molar-refractivity contribution is 5.93. The van der Waals surface area contributed by atoms with Crippen LogP contribution in [0.15, 0.2) is 24.3 Å². The highest BCUT2D eigenvalue weighted by Crippen LogP contribution is 2.17. The summed E-state index contributed by atoms with van der Waals surface area (Å²) in [5, 5.41) is 8.62. The predicted octanol–water partition coefficient (Wildman–Crippen LogP) is 2.53. The average Bonchev–Trinajstić information content (AvgIpc) is 2.78. The normalized spacial score (nSPS) is 15.7. The average molecular weight is 461 g/mol. The molecule has 0 bridgehead atoms. The second kappa shape index (κ2) is 13.4. The van der Waals surface area contributed by atoms with Crippen molar-refractivity contribution < 1.29 is 23.9 Å². The summed E-state index contributed by atoms with van der Waals surface area (Å²) in [6, 6.07) is 6.24. The molecule has 9 nitrogen and oxygen atoms in total. The molecule has 1 saturated heterocycles. The number of hydrogen-bond acceptors (Lipinski definition) is 6. The first kappa shape index (κ1) is 26.2. The molecule has 0 aliphatic carbocycles. The van der Waals surface area contributed by atoms with Gasteiger partial charge in [0.05, 0.1) is 19.6 Å². The zero-order valence-corrected chi connectivity index (χ0v) is 19.8. The maximum atomic E-state index is 12.8. The van der Waals surface area contributed by atoms with E-state index >= 15 is 0 Å². The molecule has 1 fully saturated rings. The van der Waals surface area contributed by atoms with Crippen molar-refractivity contribution in [2.75, 3.05) is 36.9 Å². The topological polar surface area (TPSA) is 117 Å². The minimum absolute atomic E-state index is 0.0387. The van der Waals surface area contributed by atoms with E-state index in [2.05, 4.69) is 22.9 Å². The number of hydrogen-bond donors (Lipinski definition) is 3. The largest absolute Gasteiger partial charge is 0.465 e. The molecule has 2 rings (SSSR count). The Morgan fingerprint density at radius 3 is 2.70 bits per heavy atom. The van der Waals surface area contributed by atoms with Crippen molar-refractivity contribution in [3.8, 4) is 0 Å². The van der Waals surface area contributed by atoms with Crippen LogP contribution in [0, 0.1) is 5.92 Å². The number of carbonyl (C=O) groups excluding carboxylic acids is 4. The second-order valence-corrected chi connectivity index (χ2v) is 8.61. The van der Waals surface area contributed by atoms with Gasteiger partial charge in [-0.15, -0.1) is 0 Å². The van der Waals surface area contributed by atoms with E-state index in [4.69, 9.17) is 4.74 Å². The summed E-state index contributed by atoms with van der Waals surface area (Å²) in [6.45, 7) is 6.83. The third-order valence-corrected chi connectivity index (χ3v) is 5.19. The van der Waals surface area contributed by atoms with Crippen molar-refractivity contribution in [2.24, 2.45) is 5.92 Å². The van der Waals surface area contributed by atoms with Gasteiger partial charge in [0, 0.05) is 30.9 Å². The zero-order valence-electron chi connectivity index (χ0n) is 19.8. The SMILES string of the molecule is CCCCCC(=O)Nc1cccc(NCC(=O)N2CCNC(=O)C2CC(=O)OCC(C)C)c1. The lowest BCUT2D eigenvalue weighted by Crippen LogP contribution is -2.58. The van der Waals surface area contributed by atoms with Gasteiger partial charge in [0.25, 0.3) is 0 Å². The molecule has 0 aromatic heterocycles. The fraction of sp³-hybridized carbons (Fsp3) is 0.583. The molecule has 1 aliphatic heterocycles. The summed E-state index contributed by atoms with van der Waals surface area (Å²) in [4.78, 5) is 50.8. The zero-order chi connectivity index (χ0) is 24.2. The third kappa shape index (κ3) is 9.11. The molecule has 0 saturated carbocycles. The summed E-state index contributed by atoms with van der Waals surface area (Å²) in [5.41, 5.74) is 1.32. The molecule has 0 spiro atoms. The first-order valence-electron chi connectivity index (χ1n) is 11.7. The quantitative estimate of drug-likeness (QED) is 0.326. The number of amides is 3. The van der Waals surface area contributed by atoms with Crippen molar-refractivity contribution >= 4 is 35.1 Å². The second-order valence-electron chi connectivity index (χ2n) is 8.61. The summed E-state index contributed by atoms with van der Waals surface area (Å²) in [5.74, 6) is -1.00. The highest BCUT2D eigenvalue weighted by Gasteiger charge is 2.35. The predicted molar refractivity (Wildman–Crippen MR) is 127 cm³/mol. The van der Waals surface area contributed by atoms with Crippen molar-refractivity contribution in [1.29, 1.82) is 0 Å². The molecule has 1 heterocycles. The minimum Gasteiger partial charge on any atom is -0.465 e. The Labute approximate surface area is 195 Å². The fourth-order valence-corrected chi connectivity index (χ4v) is 3.44. The van der Waals surface area contributed by atoms with E-state index in [1.165, 1.54) is 4.90 Å². The van der Waals surface area contributed by atoms with Crippen LogP contribution in [0.2, 0.25) is 0 Å². The molecule has 3 N–H and O–H groups in total. The van der Waals surface area contributed by atoms with Crippen molar-refractivity contribution in [1.82, 2.24) is 10.2 Å². The lowest BCUT2D eigenvalue weighted by atomic mass is 10.1. The summed E-state index contributed by atoms with van der Waals surface area (Å²) in [7, 11) is 0. The number of benzene rings is 1. The van der Waals surface area contributed by atoms with Crippen LogP contribution in [0.4, 0.5) is 11.4 Å². The molecular formula is C24H36N4O5. The Bertz CT molecular complexity index is 827. The summed E-state index contributed by atoms with van der Waals surface area (Å²) >= 11 is 0. The van der Waals surface area contributed by atoms with E-state index < -0.39 is 12.0 Å². The van der Waals surface area contributed by atoms with Crippen molar-refractivity contribution in [3.05, 3.63) is 24.3 Å². The molecule has 3 amide bonds. The van der Waals surface area contributed by atoms with Crippen LogP contribution in [-0.4, -0.2) is 60.9 Å². The van der Waals surface area contributed by atoms with Gasteiger partial charge in [0.2, 0.25) is 17.7 Å². The van der Waals surface area contributed by atoms with Crippen LogP contribution >= 0.6 is 0 Å². The third-order valence-electron chi connectivity index (χ3n) is 5.19. The van der Waals surface area contributed by atoms with E-state index in [0.29, 0.717) is 30.9 Å². The van der Waals surface area contributed by atoms with Crippen molar-refractivity contribution in [2.45, 2.75) is 58.9 Å². The van der Waals surface area contributed by atoms with Gasteiger partial charge < -0.3 is 25.6 Å². The van der Waals surface area contributed by atoms with Gasteiger partial charge in [0.1, 0.15) is 6.04 Å². The van der Waals surface area contributed by atoms with E-state index in [0.717, 1.165) is 19.3 Å². The Morgan fingerprint density at radius 2 is 1.97 bits per heavy atom. The van der Waals surface area contributed by atoms with Gasteiger partial charge in [0.15, 0.2) is 0 Å². The molecule has 0 radical (unpaired) electrons. The number of unbranched alkanes of at least 4 members (excludes halogenated alkanes) is 2. The van der Waals surface area contributed by atoms with E-state index in [-0.39, 0.29) is 43.2 Å². The van der Waals surface area contributed by atoms with Crippen LogP contribution in [0.5, 0.6) is 0 Å². The minimum atomic E-state index is -0.888. The Kier molecular flexibility index (Phi) is 10.7. The van der Waals surface area contributed by atoms with Crippen LogP contribution in [0.25, 0.3) is 0 Å².